The van der Waals surface area contributed by atoms with Crippen molar-refractivity contribution in [3.8, 4) is 0 Å². The Kier molecular flexibility index (Phi) is 3.56. The van der Waals surface area contributed by atoms with Crippen LogP contribution in [0.1, 0.15) is 5.56 Å². The largest absolute Gasteiger partial charge is 0.276 e. The molecule has 0 saturated carbocycles. The van der Waals surface area contributed by atoms with E-state index in [-0.39, 0.29) is 15.6 Å². The van der Waals surface area contributed by atoms with E-state index in [1.54, 1.807) is 43.3 Å². The Labute approximate surface area is 131 Å². The average Bonchev–Trinajstić information content (AvgIpc) is 2.91. The van der Waals surface area contributed by atoms with Gasteiger partial charge in [-0.3, -0.25) is 4.72 Å². The quantitative estimate of drug-likeness (QED) is 0.793. The molecule has 0 atom stereocenters. The molecule has 0 saturated heterocycles. The highest BCUT2D eigenvalue weighted by atomic mass is 35.5. The second-order valence-electron chi connectivity index (χ2n) is 4.43. The van der Waals surface area contributed by atoms with Gasteiger partial charge >= 0.3 is 0 Å². The molecule has 1 aromatic heterocycles. The fraction of sp³-hybridized carbons (Fsp3) is 0.0769. The number of aromatic nitrogens is 2. The number of sulfonamides is 1. The maximum Gasteiger partial charge on any atom is 0.262 e. The zero-order chi connectivity index (χ0) is 15.0. The Hall–Kier alpha value is -1.70. The topological polar surface area (TPSA) is 72.0 Å². The first-order valence-corrected chi connectivity index (χ1v) is 8.57. The van der Waals surface area contributed by atoms with Gasteiger partial charge in [0.2, 0.25) is 0 Å². The van der Waals surface area contributed by atoms with Crippen molar-refractivity contribution >= 4 is 50.1 Å². The summed E-state index contributed by atoms with van der Waals surface area (Å²) < 4.78 is 35.7. The van der Waals surface area contributed by atoms with E-state index in [1.807, 2.05) is 0 Å². The summed E-state index contributed by atoms with van der Waals surface area (Å²) >= 11 is 7.11. The summed E-state index contributed by atoms with van der Waals surface area (Å²) in [5.41, 5.74) is 1.97. The normalized spacial score (nSPS) is 11.7. The lowest BCUT2D eigenvalue weighted by molar-refractivity contribution is 0.600. The van der Waals surface area contributed by atoms with Crippen LogP contribution in [0.15, 0.2) is 41.3 Å². The molecule has 5 nitrogen and oxygen atoms in total. The number of anilines is 1. The van der Waals surface area contributed by atoms with Crippen molar-refractivity contribution < 1.29 is 8.42 Å². The number of hydrogen-bond acceptors (Lipinski definition) is 5. The number of benzene rings is 2. The van der Waals surface area contributed by atoms with Gasteiger partial charge in [0.05, 0.1) is 27.3 Å². The molecule has 0 aliphatic heterocycles. The Morgan fingerprint density at radius 2 is 1.90 bits per heavy atom. The van der Waals surface area contributed by atoms with Gasteiger partial charge in [0.25, 0.3) is 10.0 Å². The van der Waals surface area contributed by atoms with Crippen LogP contribution < -0.4 is 4.72 Å². The van der Waals surface area contributed by atoms with E-state index < -0.39 is 10.0 Å². The van der Waals surface area contributed by atoms with Crippen LogP contribution in [-0.4, -0.2) is 17.2 Å². The van der Waals surface area contributed by atoms with Crippen molar-refractivity contribution in [1.29, 1.82) is 0 Å². The molecule has 0 bridgehead atoms. The lowest BCUT2D eigenvalue weighted by atomic mass is 10.2. The minimum absolute atomic E-state index is 0.209. The summed E-state index contributed by atoms with van der Waals surface area (Å²) in [6, 6.07) is 10.0. The van der Waals surface area contributed by atoms with Crippen LogP contribution in [0, 0.1) is 6.92 Å². The molecule has 0 spiro atoms. The van der Waals surface area contributed by atoms with Crippen LogP contribution in [0.3, 0.4) is 0 Å². The minimum Gasteiger partial charge on any atom is -0.276 e. The molecule has 3 aromatic rings. The van der Waals surface area contributed by atoms with E-state index >= 15 is 0 Å². The molecule has 2 aromatic carbocycles. The highest BCUT2D eigenvalue weighted by Gasteiger charge is 2.20. The van der Waals surface area contributed by atoms with E-state index in [0.29, 0.717) is 16.6 Å². The summed E-state index contributed by atoms with van der Waals surface area (Å²) in [7, 11) is -3.73. The van der Waals surface area contributed by atoms with E-state index in [1.165, 1.54) is 0 Å². The van der Waals surface area contributed by atoms with Gasteiger partial charge in [-0.25, -0.2) is 8.42 Å². The molecule has 1 N–H and O–H groups in total. The lowest BCUT2D eigenvalue weighted by Crippen LogP contribution is -2.14. The summed E-state index contributed by atoms with van der Waals surface area (Å²) in [5.74, 6) is 0. The second kappa shape index (κ2) is 5.25. The molecule has 0 aliphatic carbocycles. The maximum absolute atomic E-state index is 12.5. The lowest BCUT2D eigenvalue weighted by Gasteiger charge is -2.11. The monoisotopic (exact) mass is 339 g/mol. The molecule has 0 fully saturated rings. The third-order valence-electron chi connectivity index (χ3n) is 3.00. The van der Waals surface area contributed by atoms with Gasteiger partial charge in [0, 0.05) is 0 Å². The molecule has 21 heavy (non-hydrogen) atoms. The van der Waals surface area contributed by atoms with Crippen LogP contribution in [0.5, 0.6) is 0 Å². The molecular weight excluding hydrogens is 330 g/mol. The number of fused-ring (bicyclic) bond motifs is 1. The molecule has 0 radical (unpaired) electrons. The fourth-order valence-electron chi connectivity index (χ4n) is 1.97. The summed E-state index contributed by atoms with van der Waals surface area (Å²) in [5, 5.41) is 0.285. The predicted molar refractivity (Wildman–Crippen MR) is 84.4 cm³/mol. The Balaban J connectivity index is 2.12. The van der Waals surface area contributed by atoms with Gasteiger partial charge in [-0.05, 0) is 30.7 Å². The highest BCUT2D eigenvalue weighted by molar-refractivity contribution is 7.92. The summed E-state index contributed by atoms with van der Waals surface area (Å²) in [6.45, 7) is 1.74. The standard InChI is InChI=1S/C13H10ClN3O2S2/c1-8-4-2-3-5-11(8)21(18,19)17-12-9(14)6-7-10-13(12)16-20-15-10/h2-7,17H,1H3. The van der Waals surface area contributed by atoms with Gasteiger partial charge in [-0.2, -0.15) is 8.75 Å². The number of nitrogens with zero attached hydrogens (tertiary/aromatic N) is 2. The Morgan fingerprint density at radius 3 is 2.67 bits per heavy atom. The van der Waals surface area contributed by atoms with Gasteiger partial charge in [0.1, 0.15) is 11.0 Å². The first-order chi connectivity index (χ1) is 9.99. The Morgan fingerprint density at radius 1 is 1.14 bits per heavy atom. The van der Waals surface area contributed by atoms with Crippen LogP contribution >= 0.6 is 23.3 Å². The maximum atomic E-state index is 12.5. The molecular formula is C13H10ClN3O2S2. The van der Waals surface area contributed by atoms with Gasteiger partial charge in [0.15, 0.2) is 0 Å². The zero-order valence-corrected chi connectivity index (χ0v) is 13.3. The van der Waals surface area contributed by atoms with E-state index in [0.717, 1.165) is 11.7 Å². The van der Waals surface area contributed by atoms with Crippen molar-refractivity contribution in [3.63, 3.8) is 0 Å². The van der Waals surface area contributed by atoms with Crippen LogP contribution in [0.25, 0.3) is 11.0 Å². The third kappa shape index (κ3) is 2.59. The Bertz CT molecular complexity index is 922. The fourth-order valence-corrected chi connectivity index (χ4v) is 4.10. The minimum atomic E-state index is -3.73. The molecule has 0 amide bonds. The molecule has 8 heteroatoms. The first-order valence-electron chi connectivity index (χ1n) is 5.98. The molecule has 3 rings (SSSR count). The van der Waals surface area contributed by atoms with E-state index in [9.17, 15) is 8.42 Å². The summed E-state index contributed by atoms with van der Waals surface area (Å²) in [4.78, 5) is 0.209. The van der Waals surface area contributed by atoms with Crippen LogP contribution in [0.2, 0.25) is 5.02 Å². The van der Waals surface area contributed by atoms with Gasteiger partial charge in [-0.1, -0.05) is 29.8 Å². The highest BCUT2D eigenvalue weighted by Crippen LogP contribution is 2.32. The molecule has 0 aliphatic rings. The van der Waals surface area contributed by atoms with Crippen molar-refractivity contribution in [2.75, 3.05) is 4.72 Å². The number of nitrogens with one attached hydrogen (secondary N) is 1. The second-order valence-corrected chi connectivity index (χ2v) is 7.01. The van der Waals surface area contributed by atoms with Crippen molar-refractivity contribution in [3.05, 3.63) is 47.0 Å². The van der Waals surface area contributed by atoms with Crippen LogP contribution in [-0.2, 0) is 10.0 Å². The zero-order valence-electron chi connectivity index (χ0n) is 10.9. The first kappa shape index (κ1) is 14.2. The SMILES string of the molecule is Cc1ccccc1S(=O)(=O)Nc1c(Cl)ccc2nsnc12. The third-order valence-corrected chi connectivity index (χ3v) is 5.36. The average molecular weight is 340 g/mol. The van der Waals surface area contributed by atoms with Crippen molar-refractivity contribution in [2.45, 2.75) is 11.8 Å². The van der Waals surface area contributed by atoms with Crippen molar-refractivity contribution in [1.82, 2.24) is 8.75 Å². The molecule has 1 heterocycles. The summed E-state index contributed by atoms with van der Waals surface area (Å²) in [6.07, 6.45) is 0. The molecule has 108 valence electrons. The molecule has 0 unspecified atom stereocenters. The number of hydrogen-bond donors (Lipinski definition) is 1. The van der Waals surface area contributed by atoms with Gasteiger partial charge in [-0.15, -0.1) is 0 Å². The van der Waals surface area contributed by atoms with Gasteiger partial charge < -0.3 is 0 Å². The van der Waals surface area contributed by atoms with E-state index in [2.05, 4.69) is 13.5 Å². The number of rotatable bonds is 3. The van der Waals surface area contributed by atoms with Crippen molar-refractivity contribution in [2.24, 2.45) is 0 Å². The van der Waals surface area contributed by atoms with Crippen LogP contribution in [0.4, 0.5) is 5.69 Å². The predicted octanol–water partition coefficient (Wildman–Crippen LogP) is 3.45. The smallest absolute Gasteiger partial charge is 0.262 e. The number of halogens is 1. The number of aryl methyl sites for hydroxylation is 1. The van der Waals surface area contributed by atoms with E-state index in [4.69, 9.17) is 11.6 Å².